The molecule has 26 heavy (non-hydrogen) atoms. The first kappa shape index (κ1) is 16.8. The van der Waals surface area contributed by atoms with E-state index in [2.05, 4.69) is 51.7 Å². The van der Waals surface area contributed by atoms with Crippen LogP contribution in [-0.4, -0.2) is 32.8 Å². The van der Waals surface area contributed by atoms with E-state index in [-0.39, 0.29) is 0 Å². The van der Waals surface area contributed by atoms with Gasteiger partial charge >= 0.3 is 0 Å². The Labute approximate surface area is 154 Å². The third-order valence-corrected chi connectivity index (χ3v) is 4.77. The average molecular weight is 348 g/mol. The van der Waals surface area contributed by atoms with Gasteiger partial charge in [0.05, 0.1) is 17.4 Å². The molecule has 134 valence electrons. The maximum Gasteiger partial charge on any atom is 0.130 e. The van der Waals surface area contributed by atoms with Gasteiger partial charge < -0.3 is 4.74 Å². The molecule has 1 aliphatic heterocycles. The Morgan fingerprint density at radius 1 is 1.08 bits per heavy atom. The van der Waals surface area contributed by atoms with Crippen molar-refractivity contribution in [3.63, 3.8) is 0 Å². The Balaban J connectivity index is 1.27. The number of ether oxygens (including phenoxy) is 1. The second-order valence-corrected chi connectivity index (χ2v) is 6.97. The third-order valence-electron chi connectivity index (χ3n) is 4.77. The van der Waals surface area contributed by atoms with Gasteiger partial charge in [-0.3, -0.25) is 14.6 Å². The average Bonchev–Trinajstić information content (AvgIpc) is 2.95. The largest absolute Gasteiger partial charge is 0.487 e. The molecule has 0 unspecified atom stereocenters. The van der Waals surface area contributed by atoms with Crippen LogP contribution in [0.15, 0.2) is 54.7 Å². The Morgan fingerprint density at radius 2 is 1.88 bits per heavy atom. The summed E-state index contributed by atoms with van der Waals surface area (Å²) in [4.78, 5) is 6.72. The zero-order chi connectivity index (χ0) is 17.9. The number of benzene rings is 1. The standard InChI is InChI=1S/C21H24N4O/c1-16-11-17(2)25(23-16)20-13-24(14-20)12-18-6-8-21(9-7-18)26-15-19-5-3-4-10-22-19/h3-11,20H,12-15H2,1-2H3. The second kappa shape index (κ2) is 7.30. The van der Waals surface area contributed by atoms with Crippen LogP contribution in [0.4, 0.5) is 0 Å². The van der Waals surface area contributed by atoms with Crippen molar-refractivity contribution in [3.8, 4) is 5.75 Å². The molecule has 1 fully saturated rings. The summed E-state index contributed by atoms with van der Waals surface area (Å²) in [5.74, 6) is 0.878. The summed E-state index contributed by atoms with van der Waals surface area (Å²) in [7, 11) is 0. The summed E-state index contributed by atoms with van der Waals surface area (Å²) in [6.07, 6.45) is 1.79. The molecule has 5 heteroatoms. The minimum absolute atomic E-state index is 0.497. The van der Waals surface area contributed by atoms with Gasteiger partial charge in [0, 0.05) is 31.5 Å². The second-order valence-electron chi connectivity index (χ2n) is 6.97. The molecule has 0 N–H and O–H groups in total. The lowest BCUT2D eigenvalue weighted by molar-refractivity contribution is 0.0893. The number of pyridine rings is 1. The molecule has 0 atom stereocenters. The van der Waals surface area contributed by atoms with Gasteiger partial charge in [0.15, 0.2) is 0 Å². The number of likely N-dealkylation sites (tertiary alicyclic amines) is 1. The lowest BCUT2D eigenvalue weighted by atomic mass is 10.1. The zero-order valence-electron chi connectivity index (χ0n) is 15.3. The van der Waals surface area contributed by atoms with Crippen LogP contribution < -0.4 is 4.74 Å². The lowest BCUT2D eigenvalue weighted by Crippen LogP contribution is -2.47. The molecule has 0 aliphatic carbocycles. The maximum absolute atomic E-state index is 5.80. The van der Waals surface area contributed by atoms with Crippen molar-refractivity contribution in [1.82, 2.24) is 19.7 Å². The van der Waals surface area contributed by atoms with Gasteiger partial charge in [-0.15, -0.1) is 0 Å². The first-order valence-corrected chi connectivity index (χ1v) is 9.04. The molecule has 5 nitrogen and oxygen atoms in total. The molecule has 0 radical (unpaired) electrons. The highest BCUT2D eigenvalue weighted by Crippen LogP contribution is 2.25. The molecule has 1 saturated heterocycles. The molecule has 0 saturated carbocycles. The number of rotatable bonds is 6. The molecular weight excluding hydrogens is 324 g/mol. The molecule has 0 amide bonds. The number of hydrogen-bond donors (Lipinski definition) is 0. The Morgan fingerprint density at radius 3 is 2.54 bits per heavy atom. The van der Waals surface area contributed by atoms with Gasteiger partial charge in [0.25, 0.3) is 0 Å². The smallest absolute Gasteiger partial charge is 0.130 e. The van der Waals surface area contributed by atoms with Gasteiger partial charge in [-0.1, -0.05) is 18.2 Å². The molecule has 0 bridgehead atoms. The van der Waals surface area contributed by atoms with Crippen LogP contribution in [0.5, 0.6) is 5.75 Å². The van der Waals surface area contributed by atoms with Gasteiger partial charge in [-0.05, 0) is 49.7 Å². The summed E-state index contributed by atoms with van der Waals surface area (Å²) in [5, 5.41) is 4.60. The highest BCUT2D eigenvalue weighted by Gasteiger charge is 2.29. The summed E-state index contributed by atoms with van der Waals surface area (Å²) in [6, 6.07) is 16.9. The summed E-state index contributed by atoms with van der Waals surface area (Å²) in [5.41, 5.74) is 4.60. The van der Waals surface area contributed by atoms with Crippen molar-refractivity contribution in [2.24, 2.45) is 0 Å². The van der Waals surface area contributed by atoms with E-state index < -0.39 is 0 Å². The molecular formula is C21H24N4O. The fourth-order valence-electron chi connectivity index (χ4n) is 3.43. The number of nitrogens with zero attached hydrogens (tertiary/aromatic N) is 4. The minimum atomic E-state index is 0.497. The first-order chi connectivity index (χ1) is 12.7. The van der Waals surface area contributed by atoms with Crippen molar-refractivity contribution in [2.75, 3.05) is 13.1 Å². The fourth-order valence-corrected chi connectivity index (χ4v) is 3.43. The normalized spacial score (nSPS) is 15.0. The highest BCUT2D eigenvalue weighted by atomic mass is 16.5. The van der Waals surface area contributed by atoms with Gasteiger partial charge in [-0.2, -0.15) is 5.10 Å². The van der Waals surface area contributed by atoms with Crippen molar-refractivity contribution < 1.29 is 4.74 Å². The predicted molar refractivity (Wildman–Crippen MR) is 101 cm³/mol. The molecule has 1 aromatic carbocycles. The number of aryl methyl sites for hydroxylation is 2. The molecule has 4 rings (SSSR count). The predicted octanol–water partition coefficient (Wildman–Crippen LogP) is 3.53. The Hall–Kier alpha value is -2.66. The monoisotopic (exact) mass is 348 g/mol. The van der Waals surface area contributed by atoms with Crippen molar-refractivity contribution in [3.05, 3.63) is 77.4 Å². The van der Waals surface area contributed by atoms with Crippen molar-refractivity contribution >= 4 is 0 Å². The molecule has 3 heterocycles. The summed E-state index contributed by atoms with van der Waals surface area (Å²) < 4.78 is 7.96. The van der Waals surface area contributed by atoms with E-state index in [9.17, 15) is 0 Å². The first-order valence-electron chi connectivity index (χ1n) is 9.04. The summed E-state index contributed by atoms with van der Waals surface area (Å²) in [6.45, 7) is 7.76. The SMILES string of the molecule is Cc1cc(C)n(C2CN(Cc3ccc(OCc4ccccn4)cc3)C2)n1. The maximum atomic E-state index is 5.80. The minimum Gasteiger partial charge on any atom is -0.487 e. The summed E-state index contributed by atoms with van der Waals surface area (Å²) >= 11 is 0. The molecule has 2 aromatic heterocycles. The van der Waals surface area contributed by atoms with E-state index in [0.717, 1.165) is 36.8 Å². The van der Waals surface area contributed by atoms with Crippen LogP contribution in [0.25, 0.3) is 0 Å². The van der Waals surface area contributed by atoms with Crippen LogP contribution >= 0.6 is 0 Å². The number of aromatic nitrogens is 3. The Bertz CT molecular complexity index is 851. The quantitative estimate of drug-likeness (QED) is 0.683. The third kappa shape index (κ3) is 3.78. The van der Waals surface area contributed by atoms with Crippen LogP contribution in [0.2, 0.25) is 0 Å². The van der Waals surface area contributed by atoms with Gasteiger partial charge in [0.2, 0.25) is 0 Å². The van der Waals surface area contributed by atoms with E-state index in [0.29, 0.717) is 12.6 Å². The van der Waals surface area contributed by atoms with Gasteiger partial charge in [-0.25, -0.2) is 0 Å². The van der Waals surface area contributed by atoms with E-state index in [4.69, 9.17) is 4.74 Å². The molecule has 3 aromatic rings. The van der Waals surface area contributed by atoms with E-state index in [1.165, 1.54) is 11.3 Å². The van der Waals surface area contributed by atoms with Crippen molar-refractivity contribution in [1.29, 1.82) is 0 Å². The highest BCUT2D eigenvalue weighted by molar-refractivity contribution is 5.27. The van der Waals surface area contributed by atoms with E-state index in [1.807, 2.05) is 30.3 Å². The van der Waals surface area contributed by atoms with Crippen LogP contribution in [0.3, 0.4) is 0 Å². The topological polar surface area (TPSA) is 43.2 Å². The molecule has 1 aliphatic rings. The van der Waals surface area contributed by atoms with Crippen LogP contribution in [-0.2, 0) is 13.2 Å². The number of hydrogen-bond acceptors (Lipinski definition) is 4. The van der Waals surface area contributed by atoms with E-state index >= 15 is 0 Å². The van der Waals surface area contributed by atoms with Crippen LogP contribution in [0.1, 0.15) is 28.7 Å². The fraction of sp³-hybridized carbons (Fsp3) is 0.333. The molecule has 0 spiro atoms. The zero-order valence-corrected chi connectivity index (χ0v) is 15.3. The van der Waals surface area contributed by atoms with Gasteiger partial charge in [0.1, 0.15) is 12.4 Å². The lowest BCUT2D eigenvalue weighted by Gasteiger charge is -2.39. The van der Waals surface area contributed by atoms with Crippen molar-refractivity contribution in [2.45, 2.75) is 33.0 Å². The van der Waals surface area contributed by atoms with E-state index in [1.54, 1.807) is 6.20 Å². The Kier molecular flexibility index (Phi) is 4.71. The van der Waals surface area contributed by atoms with Crippen LogP contribution in [0, 0.1) is 13.8 Å².